The van der Waals surface area contributed by atoms with Gasteiger partial charge in [-0.2, -0.15) is 0 Å². The fourth-order valence-electron chi connectivity index (χ4n) is 3.22. The molecule has 0 aliphatic heterocycles. The topological polar surface area (TPSA) is 55.2 Å². The van der Waals surface area contributed by atoms with Gasteiger partial charge in [-0.25, -0.2) is 0 Å². The van der Waals surface area contributed by atoms with Crippen LogP contribution in [-0.4, -0.2) is 11.0 Å². The smallest absolute Gasteiger partial charge is 0.272 e. The molecule has 1 aromatic rings. The number of benzene rings is 1. The summed E-state index contributed by atoms with van der Waals surface area (Å²) >= 11 is 0. The van der Waals surface area contributed by atoms with E-state index in [1.54, 1.807) is 13.0 Å². The maximum atomic E-state index is 11.0. The van der Waals surface area contributed by atoms with Gasteiger partial charge in [-0.15, -0.1) is 0 Å². The van der Waals surface area contributed by atoms with Crippen molar-refractivity contribution in [2.45, 2.75) is 65.0 Å². The van der Waals surface area contributed by atoms with Crippen LogP contribution in [0.1, 0.15) is 56.6 Å². The van der Waals surface area contributed by atoms with Crippen molar-refractivity contribution in [2.24, 2.45) is 5.92 Å². The Balaban J connectivity index is 1.92. The van der Waals surface area contributed by atoms with Crippen molar-refractivity contribution in [3.63, 3.8) is 0 Å². The molecule has 4 heteroatoms. The van der Waals surface area contributed by atoms with Gasteiger partial charge >= 0.3 is 0 Å². The molecule has 1 fully saturated rings. The van der Waals surface area contributed by atoms with Crippen molar-refractivity contribution in [3.05, 3.63) is 39.4 Å². The van der Waals surface area contributed by atoms with E-state index < -0.39 is 0 Å². The normalized spacial score (nSPS) is 18.2. The molecule has 0 spiro atoms. The standard InChI is InChI=1S/C17H26N2O2/c1-13-9-10-15(11-17(13)19(20)21)12-18-14(2)16-7-5-3-4-6-8-16/h9-11,14,16,18H,3-8,12H2,1-2H3/t14-/m1/s1. The Labute approximate surface area is 127 Å². The zero-order valence-electron chi connectivity index (χ0n) is 13.1. The van der Waals surface area contributed by atoms with Crippen LogP contribution in [0.2, 0.25) is 0 Å². The lowest BCUT2D eigenvalue weighted by molar-refractivity contribution is -0.385. The third kappa shape index (κ3) is 4.53. The largest absolute Gasteiger partial charge is 0.310 e. The summed E-state index contributed by atoms with van der Waals surface area (Å²) in [4.78, 5) is 10.7. The zero-order valence-corrected chi connectivity index (χ0v) is 13.1. The predicted octanol–water partition coefficient (Wildman–Crippen LogP) is 4.35. The quantitative estimate of drug-likeness (QED) is 0.498. The summed E-state index contributed by atoms with van der Waals surface area (Å²) in [5.41, 5.74) is 1.93. The average molecular weight is 290 g/mol. The van der Waals surface area contributed by atoms with Gasteiger partial charge in [0.05, 0.1) is 4.92 Å². The molecule has 21 heavy (non-hydrogen) atoms. The number of nitrogens with zero attached hydrogens (tertiary/aromatic N) is 1. The first kappa shape index (κ1) is 16.0. The highest BCUT2D eigenvalue weighted by Crippen LogP contribution is 2.26. The molecule has 1 aliphatic carbocycles. The lowest BCUT2D eigenvalue weighted by atomic mass is 9.93. The molecule has 1 aliphatic rings. The van der Waals surface area contributed by atoms with Crippen LogP contribution in [0.4, 0.5) is 5.69 Å². The molecule has 0 bridgehead atoms. The van der Waals surface area contributed by atoms with Gasteiger partial charge < -0.3 is 5.32 Å². The number of hydrogen-bond donors (Lipinski definition) is 1. The Morgan fingerprint density at radius 1 is 1.29 bits per heavy atom. The highest BCUT2D eigenvalue weighted by molar-refractivity contribution is 5.42. The molecule has 116 valence electrons. The van der Waals surface area contributed by atoms with Crippen molar-refractivity contribution < 1.29 is 4.92 Å². The Hall–Kier alpha value is -1.42. The van der Waals surface area contributed by atoms with E-state index in [0.29, 0.717) is 12.6 Å². The van der Waals surface area contributed by atoms with Crippen LogP contribution >= 0.6 is 0 Å². The molecule has 0 radical (unpaired) electrons. The van der Waals surface area contributed by atoms with Gasteiger partial charge in [0.2, 0.25) is 0 Å². The average Bonchev–Trinajstić information content (AvgIpc) is 2.75. The first-order valence-corrected chi connectivity index (χ1v) is 8.05. The summed E-state index contributed by atoms with van der Waals surface area (Å²) in [7, 11) is 0. The Morgan fingerprint density at radius 3 is 2.57 bits per heavy atom. The van der Waals surface area contributed by atoms with Crippen LogP contribution in [0.25, 0.3) is 0 Å². The number of rotatable bonds is 5. The van der Waals surface area contributed by atoms with Crippen LogP contribution in [0.5, 0.6) is 0 Å². The van der Waals surface area contributed by atoms with Crippen LogP contribution in [0.3, 0.4) is 0 Å². The minimum atomic E-state index is -0.298. The minimum Gasteiger partial charge on any atom is -0.310 e. The summed E-state index contributed by atoms with van der Waals surface area (Å²) in [6.07, 6.45) is 8.03. The molecule has 2 rings (SSSR count). The van der Waals surface area contributed by atoms with E-state index in [4.69, 9.17) is 0 Å². The van der Waals surface area contributed by atoms with Gasteiger partial charge in [-0.3, -0.25) is 10.1 Å². The maximum absolute atomic E-state index is 11.0. The van der Waals surface area contributed by atoms with Gasteiger partial charge in [0.1, 0.15) is 0 Å². The molecule has 0 aromatic heterocycles. The number of hydrogen-bond acceptors (Lipinski definition) is 3. The second-order valence-electron chi connectivity index (χ2n) is 6.30. The van der Waals surface area contributed by atoms with E-state index in [-0.39, 0.29) is 10.6 Å². The molecule has 0 amide bonds. The summed E-state index contributed by atoms with van der Waals surface area (Å²) in [6.45, 7) is 4.74. The third-order valence-corrected chi connectivity index (χ3v) is 4.71. The molecule has 0 saturated heterocycles. The molecular formula is C17H26N2O2. The minimum absolute atomic E-state index is 0.219. The van der Waals surface area contributed by atoms with E-state index in [1.807, 2.05) is 12.1 Å². The van der Waals surface area contributed by atoms with Crippen molar-refractivity contribution in [1.29, 1.82) is 0 Å². The highest BCUT2D eigenvalue weighted by Gasteiger charge is 2.19. The van der Waals surface area contributed by atoms with Crippen molar-refractivity contribution in [3.8, 4) is 0 Å². The van der Waals surface area contributed by atoms with Crippen LogP contribution in [0, 0.1) is 23.0 Å². The monoisotopic (exact) mass is 290 g/mol. The Bertz CT molecular complexity index is 480. The molecule has 1 N–H and O–H groups in total. The Morgan fingerprint density at radius 2 is 1.95 bits per heavy atom. The molecule has 1 atom stereocenters. The van der Waals surface area contributed by atoms with E-state index >= 15 is 0 Å². The van der Waals surface area contributed by atoms with Crippen LogP contribution in [-0.2, 0) is 6.54 Å². The predicted molar refractivity (Wildman–Crippen MR) is 85.3 cm³/mol. The summed E-state index contributed by atoms with van der Waals surface area (Å²) in [5, 5.41) is 14.5. The van der Waals surface area contributed by atoms with Gasteiger partial charge in [0, 0.05) is 24.2 Å². The Kier molecular flexibility index (Phi) is 5.74. The molecule has 0 heterocycles. The van der Waals surface area contributed by atoms with Crippen LogP contribution in [0.15, 0.2) is 18.2 Å². The zero-order chi connectivity index (χ0) is 15.2. The number of nitro groups is 1. The SMILES string of the molecule is Cc1ccc(CN[C@H](C)C2CCCCCC2)cc1[N+](=O)[O-]. The van der Waals surface area contributed by atoms with Crippen molar-refractivity contribution in [1.82, 2.24) is 5.32 Å². The fraction of sp³-hybridized carbons (Fsp3) is 0.647. The van der Waals surface area contributed by atoms with Gasteiger partial charge in [-0.05, 0) is 38.2 Å². The third-order valence-electron chi connectivity index (χ3n) is 4.71. The molecule has 1 saturated carbocycles. The van der Waals surface area contributed by atoms with E-state index in [9.17, 15) is 10.1 Å². The summed E-state index contributed by atoms with van der Waals surface area (Å²) in [5.74, 6) is 0.743. The van der Waals surface area contributed by atoms with E-state index in [0.717, 1.165) is 17.0 Å². The maximum Gasteiger partial charge on any atom is 0.272 e. The van der Waals surface area contributed by atoms with E-state index in [2.05, 4.69) is 12.2 Å². The van der Waals surface area contributed by atoms with Gasteiger partial charge in [-0.1, -0.05) is 37.8 Å². The summed E-state index contributed by atoms with van der Waals surface area (Å²) < 4.78 is 0. The molecule has 4 nitrogen and oxygen atoms in total. The summed E-state index contributed by atoms with van der Waals surface area (Å²) in [6, 6.07) is 5.99. The molecule has 0 unspecified atom stereocenters. The first-order valence-electron chi connectivity index (χ1n) is 8.05. The number of nitro benzene ring substituents is 1. The number of nitrogens with one attached hydrogen (secondary N) is 1. The highest BCUT2D eigenvalue weighted by atomic mass is 16.6. The second-order valence-corrected chi connectivity index (χ2v) is 6.30. The van der Waals surface area contributed by atoms with Gasteiger partial charge in [0.15, 0.2) is 0 Å². The second kappa shape index (κ2) is 7.55. The first-order chi connectivity index (χ1) is 10.1. The van der Waals surface area contributed by atoms with Gasteiger partial charge in [0.25, 0.3) is 5.69 Å². The lowest BCUT2D eigenvalue weighted by Gasteiger charge is -2.23. The van der Waals surface area contributed by atoms with E-state index in [1.165, 1.54) is 38.5 Å². The lowest BCUT2D eigenvalue weighted by Crippen LogP contribution is -2.32. The molecule has 1 aromatic carbocycles. The van der Waals surface area contributed by atoms with Crippen molar-refractivity contribution >= 4 is 5.69 Å². The number of aryl methyl sites for hydroxylation is 1. The fourth-order valence-corrected chi connectivity index (χ4v) is 3.22. The van der Waals surface area contributed by atoms with Crippen molar-refractivity contribution in [2.75, 3.05) is 0 Å². The van der Waals surface area contributed by atoms with Crippen LogP contribution < -0.4 is 5.32 Å². The molecular weight excluding hydrogens is 264 g/mol.